The van der Waals surface area contributed by atoms with Gasteiger partial charge in [0.1, 0.15) is 5.75 Å². The molecule has 4 rings (SSSR count). The van der Waals surface area contributed by atoms with E-state index in [1.165, 1.54) is 5.56 Å². The van der Waals surface area contributed by atoms with Crippen molar-refractivity contribution in [3.8, 4) is 5.75 Å². The van der Waals surface area contributed by atoms with Gasteiger partial charge in [-0.15, -0.1) is 0 Å². The van der Waals surface area contributed by atoms with Gasteiger partial charge in [-0.25, -0.2) is 0 Å². The monoisotopic (exact) mass is 338 g/mol. The number of nitrogens with zero attached hydrogens (tertiary/aromatic N) is 2. The molecule has 0 N–H and O–H groups in total. The summed E-state index contributed by atoms with van der Waals surface area (Å²) in [4.78, 5) is 7.25. The Morgan fingerprint density at radius 1 is 1.17 bits per heavy atom. The molecular weight excluding hydrogens is 320 g/mol. The highest BCUT2D eigenvalue weighted by Gasteiger charge is 2.22. The number of ether oxygens (including phenoxy) is 1. The summed E-state index contributed by atoms with van der Waals surface area (Å²) in [5.74, 6) is 0.808. The molecule has 1 aromatic heterocycles. The predicted molar refractivity (Wildman–Crippen MR) is 97.6 cm³/mol. The molecule has 3 aromatic rings. The predicted octanol–water partition coefficient (Wildman–Crippen LogP) is 4.46. The third kappa shape index (κ3) is 2.85. The van der Waals surface area contributed by atoms with Crippen molar-refractivity contribution in [1.82, 2.24) is 9.88 Å². The number of rotatable bonds is 3. The molecule has 24 heavy (non-hydrogen) atoms. The van der Waals surface area contributed by atoms with Gasteiger partial charge in [0.2, 0.25) is 0 Å². The second kappa shape index (κ2) is 6.42. The molecule has 1 aliphatic heterocycles. The van der Waals surface area contributed by atoms with Crippen LogP contribution in [0.5, 0.6) is 5.75 Å². The summed E-state index contributed by atoms with van der Waals surface area (Å²) in [5.41, 5.74) is 4.55. The van der Waals surface area contributed by atoms with Gasteiger partial charge in [-0.2, -0.15) is 0 Å². The van der Waals surface area contributed by atoms with Crippen molar-refractivity contribution < 1.29 is 4.74 Å². The molecule has 0 spiro atoms. The summed E-state index contributed by atoms with van der Waals surface area (Å²) in [6.07, 6.45) is 0.934. The zero-order chi connectivity index (χ0) is 16.5. The molecule has 0 atom stereocenters. The normalized spacial score (nSPS) is 14.6. The van der Waals surface area contributed by atoms with Gasteiger partial charge in [0, 0.05) is 42.7 Å². The maximum absolute atomic E-state index is 6.73. The molecule has 4 heteroatoms. The minimum absolute atomic E-state index is 0.808. The molecule has 122 valence electrons. The van der Waals surface area contributed by atoms with E-state index in [1.54, 1.807) is 7.11 Å². The molecule has 0 bridgehead atoms. The number of hydrogen-bond acceptors (Lipinski definition) is 3. The molecule has 0 saturated carbocycles. The number of fused-ring (bicyclic) bond motifs is 2. The van der Waals surface area contributed by atoms with Gasteiger partial charge in [-0.3, -0.25) is 9.88 Å². The van der Waals surface area contributed by atoms with Gasteiger partial charge in [0.05, 0.1) is 17.6 Å². The Balaban J connectivity index is 1.68. The second-order valence-corrected chi connectivity index (χ2v) is 6.56. The van der Waals surface area contributed by atoms with Crippen molar-refractivity contribution in [2.45, 2.75) is 19.5 Å². The lowest BCUT2D eigenvalue weighted by molar-refractivity contribution is 0.244. The van der Waals surface area contributed by atoms with Crippen LogP contribution < -0.4 is 4.74 Å². The number of halogens is 1. The minimum Gasteiger partial charge on any atom is -0.497 e. The number of methoxy groups -OCH3 is 1. The molecule has 0 unspecified atom stereocenters. The highest BCUT2D eigenvalue weighted by atomic mass is 35.5. The summed E-state index contributed by atoms with van der Waals surface area (Å²) in [6, 6.07) is 16.4. The summed E-state index contributed by atoms with van der Waals surface area (Å²) in [5, 5.41) is 1.78. The summed E-state index contributed by atoms with van der Waals surface area (Å²) < 4.78 is 5.32. The van der Waals surface area contributed by atoms with Gasteiger partial charge in [-0.05, 0) is 23.8 Å². The molecule has 0 radical (unpaired) electrons. The topological polar surface area (TPSA) is 25.4 Å². The summed E-state index contributed by atoms with van der Waals surface area (Å²) in [6.45, 7) is 2.78. The van der Waals surface area contributed by atoms with Crippen LogP contribution in [0.25, 0.3) is 10.9 Å². The Bertz CT molecular complexity index is 880. The van der Waals surface area contributed by atoms with E-state index in [-0.39, 0.29) is 0 Å². The standard InChI is InChI=1S/C20H19ClN2O/c1-24-15-7-8-18-16(11-15)20(21)17-13-23(10-9-19(17)22-18)12-14-5-3-2-4-6-14/h2-8,11H,9-10,12-13H2,1H3. The molecule has 3 nitrogen and oxygen atoms in total. The Morgan fingerprint density at radius 3 is 2.79 bits per heavy atom. The smallest absolute Gasteiger partial charge is 0.119 e. The van der Waals surface area contributed by atoms with E-state index >= 15 is 0 Å². The zero-order valence-corrected chi connectivity index (χ0v) is 14.4. The van der Waals surface area contributed by atoms with Crippen LogP contribution in [0.2, 0.25) is 5.02 Å². The van der Waals surface area contributed by atoms with Gasteiger partial charge in [0.15, 0.2) is 0 Å². The van der Waals surface area contributed by atoms with Crippen LogP contribution in [0.4, 0.5) is 0 Å². The van der Waals surface area contributed by atoms with Crippen LogP contribution in [0.3, 0.4) is 0 Å². The van der Waals surface area contributed by atoms with Crippen LogP contribution in [-0.2, 0) is 19.5 Å². The van der Waals surface area contributed by atoms with E-state index in [4.69, 9.17) is 21.3 Å². The largest absolute Gasteiger partial charge is 0.497 e. The molecule has 2 heterocycles. The minimum atomic E-state index is 0.808. The third-order valence-corrected chi connectivity index (χ3v) is 5.04. The number of aromatic nitrogens is 1. The highest BCUT2D eigenvalue weighted by Crippen LogP contribution is 2.34. The van der Waals surface area contributed by atoms with Crippen molar-refractivity contribution in [2.75, 3.05) is 13.7 Å². The van der Waals surface area contributed by atoms with Gasteiger partial charge < -0.3 is 4.74 Å². The molecule has 0 saturated heterocycles. The Hall–Kier alpha value is -2.10. The highest BCUT2D eigenvalue weighted by molar-refractivity contribution is 6.36. The van der Waals surface area contributed by atoms with Crippen LogP contribution >= 0.6 is 11.6 Å². The van der Waals surface area contributed by atoms with E-state index in [0.29, 0.717) is 0 Å². The fraction of sp³-hybridized carbons (Fsp3) is 0.250. The quantitative estimate of drug-likeness (QED) is 0.705. The first-order valence-electron chi connectivity index (χ1n) is 8.16. The summed E-state index contributed by atoms with van der Waals surface area (Å²) in [7, 11) is 1.67. The SMILES string of the molecule is COc1ccc2nc3c(c(Cl)c2c1)CN(Cc1ccccc1)CC3. The van der Waals surface area contributed by atoms with Gasteiger partial charge >= 0.3 is 0 Å². The van der Waals surface area contributed by atoms with E-state index in [2.05, 4.69) is 35.2 Å². The molecule has 0 aliphatic carbocycles. The van der Waals surface area contributed by atoms with E-state index < -0.39 is 0 Å². The van der Waals surface area contributed by atoms with Crippen LogP contribution in [0, 0.1) is 0 Å². The van der Waals surface area contributed by atoms with Crippen molar-refractivity contribution >= 4 is 22.5 Å². The number of benzene rings is 2. The lowest BCUT2D eigenvalue weighted by atomic mass is 10.0. The van der Waals surface area contributed by atoms with E-state index in [0.717, 1.165) is 59.0 Å². The van der Waals surface area contributed by atoms with Gasteiger partial charge in [-0.1, -0.05) is 41.9 Å². The third-order valence-electron chi connectivity index (χ3n) is 4.60. The van der Waals surface area contributed by atoms with Gasteiger partial charge in [0.25, 0.3) is 0 Å². The van der Waals surface area contributed by atoms with Crippen LogP contribution in [-0.4, -0.2) is 23.5 Å². The average molecular weight is 339 g/mol. The lowest BCUT2D eigenvalue weighted by Crippen LogP contribution is -2.31. The Morgan fingerprint density at radius 2 is 2.00 bits per heavy atom. The second-order valence-electron chi connectivity index (χ2n) is 6.18. The number of pyridine rings is 1. The molecular formula is C20H19ClN2O. The van der Waals surface area contributed by atoms with E-state index in [1.807, 2.05) is 18.2 Å². The van der Waals surface area contributed by atoms with Crippen molar-refractivity contribution in [3.05, 3.63) is 70.4 Å². The molecule has 0 fully saturated rings. The van der Waals surface area contributed by atoms with Crippen molar-refractivity contribution in [1.29, 1.82) is 0 Å². The van der Waals surface area contributed by atoms with Crippen molar-refractivity contribution in [2.24, 2.45) is 0 Å². The first-order chi connectivity index (χ1) is 11.7. The lowest BCUT2D eigenvalue weighted by Gasteiger charge is -2.29. The number of hydrogen-bond donors (Lipinski definition) is 0. The van der Waals surface area contributed by atoms with Crippen molar-refractivity contribution in [3.63, 3.8) is 0 Å². The maximum Gasteiger partial charge on any atom is 0.119 e. The van der Waals surface area contributed by atoms with Crippen LogP contribution in [0.1, 0.15) is 16.8 Å². The maximum atomic E-state index is 6.73. The Kier molecular flexibility index (Phi) is 4.13. The molecule has 1 aliphatic rings. The zero-order valence-electron chi connectivity index (χ0n) is 13.6. The fourth-order valence-electron chi connectivity index (χ4n) is 3.33. The van der Waals surface area contributed by atoms with E-state index in [9.17, 15) is 0 Å². The van der Waals surface area contributed by atoms with Crippen LogP contribution in [0.15, 0.2) is 48.5 Å². The summed E-state index contributed by atoms with van der Waals surface area (Å²) >= 11 is 6.73. The molecule has 0 amide bonds. The first kappa shape index (κ1) is 15.4. The first-order valence-corrected chi connectivity index (χ1v) is 8.53. The molecule has 2 aromatic carbocycles. The fourth-order valence-corrected chi connectivity index (χ4v) is 3.65. The average Bonchev–Trinajstić information content (AvgIpc) is 2.63. The Labute approximate surface area is 146 Å².